The average molecular weight is 328 g/mol. The van der Waals surface area contributed by atoms with E-state index in [1.807, 2.05) is 32.9 Å². The molecular formula is C18H24N4O2. The zero-order valence-corrected chi connectivity index (χ0v) is 14.5. The third kappa shape index (κ3) is 4.00. The lowest BCUT2D eigenvalue weighted by atomic mass is 9.97. The van der Waals surface area contributed by atoms with Crippen LogP contribution in [-0.4, -0.2) is 40.6 Å². The molecule has 6 heteroatoms. The van der Waals surface area contributed by atoms with Crippen molar-refractivity contribution in [3.8, 4) is 0 Å². The van der Waals surface area contributed by atoms with E-state index in [-0.39, 0.29) is 5.91 Å². The van der Waals surface area contributed by atoms with Crippen LogP contribution in [-0.2, 0) is 4.79 Å². The highest BCUT2D eigenvalue weighted by atomic mass is 16.5. The summed E-state index contributed by atoms with van der Waals surface area (Å²) in [6.07, 6.45) is 1.89. The van der Waals surface area contributed by atoms with Crippen LogP contribution in [0.1, 0.15) is 41.6 Å². The maximum absolute atomic E-state index is 12.3. The zero-order valence-electron chi connectivity index (χ0n) is 14.5. The minimum Gasteiger partial charge on any atom is -0.339 e. The van der Waals surface area contributed by atoms with E-state index in [1.165, 1.54) is 5.56 Å². The van der Waals surface area contributed by atoms with E-state index in [9.17, 15) is 4.79 Å². The van der Waals surface area contributed by atoms with E-state index in [0.29, 0.717) is 18.3 Å². The van der Waals surface area contributed by atoms with Gasteiger partial charge in [0, 0.05) is 11.6 Å². The molecule has 1 saturated heterocycles. The molecular weight excluding hydrogens is 304 g/mol. The Morgan fingerprint density at radius 3 is 2.67 bits per heavy atom. The lowest BCUT2D eigenvalue weighted by Crippen LogP contribution is -2.38. The van der Waals surface area contributed by atoms with Crippen LogP contribution in [0.5, 0.6) is 0 Å². The van der Waals surface area contributed by atoms with Crippen LogP contribution in [0.15, 0.2) is 22.7 Å². The third-order valence-corrected chi connectivity index (χ3v) is 4.50. The van der Waals surface area contributed by atoms with Gasteiger partial charge in [-0.1, -0.05) is 22.9 Å². The predicted octanol–water partition coefficient (Wildman–Crippen LogP) is 2.81. The molecule has 2 aromatic rings. The number of likely N-dealkylation sites (tertiary alicyclic amines) is 1. The highest BCUT2D eigenvalue weighted by molar-refractivity contribution is 5.93. The first-order valence-corrected chi connectivity index (χ1v) is 8.41. The maximum atomic E-state index is 12.3. The van der Waals surface area contributed by atoms with Crippen molar-refractivity contribution in [2.24, 2.45) is 0 Å². The average Bonchev–Trinajstić information content (AvgIpc) is 2.97. The number of carbonyl (C=O) groups excluding carboxylic acids is 1. The van der Waals surface area contributed by atoms with Gasteiger partial charge in [0.25, 0.3) is 0 Å². The van der Waals surface area contributed by atoms with Crippen LogP contribution in [0, 0.1) is 20.8 Å². The topological polar surface area (TPSA) is 71.3 Å². The Hall–Kier alpha value is -2.21. The summed E-state index contributed by atoms with van der Waals surface area (Å²) in [5.74, 6) is 1.76. The first-order valence-electron chi connectivity index (χ1n) is 8.41. The van der Waals surface area contributed by atoms with Crippen molar-refractivity contribution in [1.29, 1.82) is 0 Å². The van der Waals surface area contributed by atoms with Gasteiger partial charge in [0.15, 0.2) is 5.82 Å². The quantitative estimate of drug-likeness (QED) is 0.934. The third-order valence-electron chi connectivity index (χ3n) is 4.50. The molecule has 6 nitrogen and oxygen atoms in total. The van der Waals surface area contributed by atoms with Crippen LogP contribution in [0.2, 0.25) is 0 Å². The van der Waals surface area contributed by atoms with Crippen molar-refractivity contribution < 1.29 is 9.32 Å². The molecule has 0 aliphatic carbocycles. The fourth-order valence-electron chi connectivity index (χ4n) is 3.16. The monoisotopic (exact) mass is 328 g/mol. The molecule has 1 aliphatic rings. The number of rotatable bonds is 4. The molecule has 24 heavy (non-hydrogen) atoms. The number of nitrogens with zero attached hydrogens (tertiary/aromatic N) is 3. The zero-order chi connectivity index (χ0) is 17.1. The molecule has 0 spiro atoms. The molecule has 1 aromatic heterocycles. The number of amides is 1. The summed E-state index contributed by atoms with van der Waals surface area (Å²) < 4.78 is 5.26. The van der Waals surface area contributed by atoms with Gasteiger partial charge < -0.3 is 9.84 Å². The van der Waals surface area contributed by atoms with Crippen molar-refractivity contribution in [2.75, 3.05) is 25.0 Å². The summed E-state index contributed by atoms with van der Waals surface area (Å²) in [5.41, 5.74) is 3.18. The van der Waals surface area contributed by atoms with Crippen molar-refractivity contribution in [2.45, 2.75) is 39.5 Å². The lowest BCUT2D eigenvalue weighted by Gasteiger charge is -2.29. The molecule has 0 saturated carbocycles. The van der Waals surface area contributed by atoms with E-state index >= 15 is 0 Å². The standard InChI is InChI=1S/C18H24N4O2/c1-12-4-5-16(13(2)10-12)20-17(23)11-22-8-6-15(7-9-22)18-19-14(3)21-24-18/h4-5,10,15H,6-9,11H2,1-3H3,(H,20,23). The number of aromatic nitrogens is 2. The SMILES string of the molecule is Cc1ccc(NC(=O)CN2CCC(c3nc(C)no3)CC2)c(C)c1. The fourth-order valence-corrected chi connectivity index (χ4v) is 3.16. The minimum absolute atomic E-state index is 0.0361. The highest BCUT2D eigenvalue weighted by Gasteiger charge is 2.25. The number of hydrogen-bond donors (Lipinski definition) is 1. The molecule has 1 N–H and O–H groups in total. The van der Waals surface area contributed by atoms with Gasteiger partial charge in [0.05, 0.1) is 6.54 Å². The van der Waals surface area contributed by atoms with Gasteiger partial charge in [-0.15, -0.1) is 0 Å². The van der Waals surface area contributed by atoms with Gasteiger partial charge in [-0.3, -0.25) is 9.69 Å². The molecule has 2 heterocycles. The lowest BCUT2D eigenvalue weighted by molar-refractivity contribution is -0.117. The van der Waals surface area contributed by atoms with E-state index in [1.54, 1.807) is 0 Å². The summed E-state index contributed by atoms with van der Waals surface area (Å²) in [6, 6.07) is 6.06. The number of benzene rings is 1. The van der Waals surface area contributed by atoms with Crippen LogP contribution in [0.4, 0.5) is 5.69 Å². The molecule has 1 aromatic carbocycles. The van der Waals surface area contributed by atoms with Crippen LogP contribution in [0.3, 0.4) is 0 Å². The van der Waals surface area contributed by atoms with E-state index < -0.39 is 0 Å². The smallest absolute Gasteiger partial charge is 0.238 e. The normalized spacial score (nSPS) is 16.3. The van der Waals surface area contributed by atoms with E-state index in [0.717, 1.165) is 43.1 Å². The minimum atomic E-state index is 0.0361. The summed E-state index contributed by atoms with van der Waals surface area (Å²) in [7, 11) is 0. The Labute approximate surface area is 142 Å². The van der Waals surface area contributed by atoms with E-state index in [2.05, 4.69) is 26.4 Å². The molecule has 0 radical (unpaired) electrons. The molecule has 3 rings (SSSR count). The van der Waals surface area contributed by atoms with Gasteiger partial charge >= 0.3 is 0 Å². The number of hydrogen-bond acceptors (Lipinski definition) is 5. The predicted molar refractivity (Wildman–Crippen MR) is 92.0 cm³/mol. The van der Waals surface area contributed by atoms with Crippen LogP contribution in [0.25, 0.3) is 0 Å². The van der Waals surface area contributed by atoms with Gasteiger partial charge in [0.1, 0.15) is 0 Å². The summed E-state index contributed by atoms with van der Waals surface area (Å²) in [4.78, 5) is 18.8. The molecule has 0 bridgehead atoms. The molecule has 0 unspecified atom stereocenters. The number of nitrogens with one attached hydrogen (secondary N) is 1. The van der Waals surface area contributed by atoms with Crippen molar-refractivity contribution in [1.82, 2.24) is 15.0 Å². The Kier molecular flexibility index (Phi) is 4.94. The first-order chi connectivity index (χ1) is 11.5. The second-order valence-corrected chi connectivity index (χ2v) is 6.60. The number of anilines is 1. The Morgan fingerprint density at radius 1 is 1.29 bits per heavy atom. The van der Waals surface area contributed by atoms with Crippen molar-refractivity contribution in [3.05, 3.63) is 41.0 Å². The van der Waals surface area contributed by atoms with Crippen molar-refractivity contribution in [3.63, 3.8) is 0 Å². The van der Waals surface area contributed by atoms with Crippen molar-refractivity contribution >= 4 is 11.6 Å². The van der Waals surface area contributed by atoms with E-state index in [4.69, 9.17) is 4.52 Å². The number of carbonyl (C=O) groups is 1. The number of piperidine rings is 1. The summed E-state index contributed by atoms with van der Waals surface area (Å²) >= 11 is 0. The largest absolute Gasteiger partial charge is 0.339 e. The molecule has 1 fully saturated rings. The molecule has 1 aliphatic heterocycles. The summed E-state index contributed by atoms with van der Waals surface area (Å²) in [5, 5.41) is 6.87. The second kappa shape index (κ2) is 7.13. The highest BCUT2D eigenvalue weighted by Crippen LogP contribution is 2.26. The Bertz CT molecular complexity index is 718. The molecule has 128 valence electrons. The first kappa shape index (κ1) is 16.6. The van der Waals surface area contributed by atoms with Gasteiger partial charge in [-0.05, 0) is 58.3 Å². The molecule has 1 amide bonds. The van der Waals surface area contributed by atoms with Gasteiger partial charge in [-0.2, -0.15) is 4.98 Å². The Morgan fingerprint density at radius 2 is 2.04 bits per heavy atom. The van der Waals surface area contributed by atoms with Gasteiger partial charge in [0.2, 0.25) is 11.8 Å². The maximum Gasteiger partial charge on any atom is 0.238 e. The fraction of sp³-hybridized carbons (Fsp3) is 0.500. The number of aryl methyl sites for hydroxylation is 3. The van der Waals surface area contributed by atoms with Crippen LogP contribution < -0.4 is 5.32 Å². The second-order valence-electron chi connectivity index (χ2n) is 6.60. The van der Waals surface area contributed by atoms with Gasteiger partial charge in [-0.25, -0.2) is 0 Å². The van der Waals surface area contributed by atoms with Crippen LogP contribution >= 0.6 is 0 Å². The summed E-state index contributed by atoms with van der Waals surface area (Å²) in [6.45, 7) is 8.05. The molecule has 0 atom stereocenters. The Balaban J connectivity index is 1.49.